The van der Waals surface area contributed by atoms with Crippen molar-refractivity contribution in [3.8, 4) is 5.75 Å². The van der Waals surface area contributed by atoms with Gasteiger partial charge in [0.2, 0.25) is 0 Å². The van der Waals surface area contributed by atoms with Crippen molar-refractivity contribution < 1.29 is 19.4 Å². The van der Waals surface area contributed by atoms with Gasteiger partial charge in [0.15, 0.2) is 11.4 Å². The largest absolute Gasteiger partial charge is 0.487 e. The first-order chi connectivity index (χ1) is 9.65. The Morgan fingerprint density at radius 3 is 2.95 bits per heavy atom. The number of nitrogens with zero attached hydrogens (tertiary/aromatic N) is 1. The average Bonchev–Trinajstić information content (AvgIpc) is 2.44. The number of carboxylic acids is 1. The van der Waals surface area contributed by atoms with Crippen LogP contribution in [0.3, 0.4) is 0 Å². The Kier molecular flexibility index (Phi) is 6.81. The Morgan fingerprint density at radius 1 is 1.45 bits per heavy atom. The smallest absolute Gasteiger partial charge is 0.303 e. The number of aliphatic carboxylic acids is 1. The Morgan fingerprint density at radius 2 is 2.25 bits per heavy atom. The molecule has 0 saturated carbocycles. The highest BCUT2D eigenvalue weighted by Gasteiger charge is 2.13. The molecule has 1 aromatic rings. The molecule has 108 valence electrons. The lowest BCUT2D eigenvalue weighted by Gasteiger charge is -2.09. The van der Waals surface area contributed by atoms with Crippen LogP contribution in [0.2, 0.25) is 0 Å². The van der Waals surface area contributed by atoms with Gasteiger partial charge in [-0.25, -0.2) is 4.98 Å². The van der Waals surface area contributed by atoms with Crippen LogP contribution in [-0.2, 0) is 4.79 Å². The van der Waals surface area contributed by atoms with E-state index in [0.717, 1.165) is 0 Å². The molecule has 1 aromatic heterocycles. The predicted molar refractivity (Wildman–Crippen MR) is 73.7 cm³/mol. The summed E-state index contributed by atoms with van der Waals surface area (Å²) in [5.74, 6) is -0.767. The first kappa shape index (κ1) is 15.7. The maximum absolute atomic E-state index is 11.9. The van der Waals surface area contributed by atoms with Crippen molar-refractivity contribution in [2.45, 2.75) is 19.3 Å². The van der Waals surface area contributed by atoms with Gasteiger partial charge >= 0.3 is 5.97 Å². The maximum atomic E-state index is 11.9. The van der Waals surface area contributed by atoms with Crippen molar-refractivity contribution >= 4 is 11.9 Å². The highest BCUT2D eigenvalue weighted by molar-refractivity contribution is 5.94. The van der Waals surface area contributed by atoms with Crippen molar-refractivity contribution in [1.82, 2.24) is 10.3 Å². The summed E-state index contributed by atoms with van der Waals surface area (Å²) in [6, 6.07) is 3.35. The van der Waals surface area contributed by atoms with Crippen molar-refractivity contribution in [2.75, 3.05) is 13.2 Å². The predicted octanol–water partition coefficient (Wildman–Crippen LogP) is 1.63. The first-order valence-corrected chi connectivity index (χ1v) is 6.34. The summed E-state index contributed by atoms with van der Waals surface area (Å²) in [7, 11) is 0. The highest BCUT2D eigenvalue weighted by atomic mass is 16.5. The third-order valence-electron chi connectivity index (χ3n) is 2.45. The Hall–Kier alpha value is -2.37. The third kappa shape index (κ3) is 5.51. The van der Waals surface area contributed by atoms with Gasteiger partial charge in [0, 0.05) is 19.2 Å². The molecular weight excluding hydrogens is 260 g/mol. The van der Waals surface area contributed by atoms with Crippen LogP contribution < -0.4 is 10.1 Å². The second-order valence-corrected chi connectivity index (χ2v) is 4.06. The fourth-order valence-electron chi connectivity index (χ4n) is 1.51. The standard InChI is InChI=1S/C14H18N2O4/c1-2-10-20-11-6-5-9-15-13(11)14(19)16-8-4-3-7-12(17)18/h2,5-6,9H,1,3-4,7-8,10H2,(H,16,19)(H,17,18). The molecule has 20 heavy (non-hydrogen) atoms. The van der Waals surface area contributed by atoms with Crippen LogP contribution in [0.1, 0.15) is 29.8 Å². The molecule has 0 aliphatic carbocycles. The molecule has 0 aliphatic heterocycles. The SMILES string of the molecule is C=CCOc1cccnc1C(=O)NCCCCC(=O)O. The van der Waals surface area contributed by atoms with E-state index in [-0.39, 0.29) is 18.0 Å². The van der Waals surface area contributed by atoms with E-state index < -0.39 is 5.97 Å². The minimum atomic E-state index is -0.832. The van der Waals surface area contributed by atoms with Crippen LogP contribution in [0, 0.1) is 0 Å². The van der Waals surface area contributed by atoms with E-state index in [1.165, 1.54) is 6.20 Å². The quantitative estimate of drug-likeness (QED) is 0.529. The molecule has 6 heteroatoms. The van der Waals surface area contributed by atoms with Gasteiger partial charge in [-0.15, -0.1) is 0 Å². The lowest BCUT2D eigenvalue weighted by atomic mass is 10.2. The monoisotopic (exact) mass is 278 g/mol. The van der Waals surface area contributed by atoms with E-state index in [9.17, 15) is 9.59 Å². The van der Waals surface area contributed by atoms with E-state index in [4.69, 9.17) is 9.84 Å². The molecular formula is C14H18N2O4. The van der Waals surface area contributed by atoms with Gasteiger partial charge in [-0.2, -0.15) is 0 Å². The van der Waals surface area contributed by atoms with E-state index in [1.807, 2.05) is 0 Å². The summed E-state index contributed by atoms with van der Waals surface area (Å²) >= 11 is 0. The van der Waals surface area contributed by atoms with Gasteiger partial charge in [0.1, 0.15) is 6.61 Å². The number of unbranched alkanes of at least 4 members (excludes halogenated alkanes) is 1. The summed E-state index contributed by atoms with van der Waals surface area (Å²) in [5, 5.41) is 11.2. The van der Waals surface area contributed by atoms with Crippen LogP contribution in [0.5, 0.6) is 5.75 Å². The maximum Gasteiger partial charge on any atom is 0.303 e. The van der Waals surface area contributed by atoms with Crippen molar-refractivity contribution in [3.05, 3.63) is 36.7 Å². The zero-order valence-corrected chi connectivity index (χ0v) is 11.2. The highest BCUT2D eigenvalue weighted by Crippen LogP contribution is 2.15. The molecule has 0 aliphatic rings. The summed E-state index contributed by atoms with van der Waals surface area (Å²) in [5.41, 5.74) is 0.215. The molecule has 1 rings (SSSR count). The number of rotatable bonds is 9. The van der Waals surface area contributed by atoms with Gasteiger partial charge in [0.05, 0.1) is 0 Å². The van der Waals surface area contributed by atoms with E-state index in [1.54, 1.807) is 18.2 Å². The molecule has 0 aromatic carbocycles. The zero-order valence-electron chi connectivity index (χ0n) is 11.2. The number of ether oxygens (including phenoxy) is 1. The van der Waals surface area contributed by atoms with Crippen molar-refractivity contribution in [1.29, 1.82) is 0 Å². The van der Waals surface area contributed by atoms with Gasteiger partial charge in [0.25, 0.3) is 5.91 Å². The number of pyridine rings is 1. The summed E-state index contributed by atoms with van der Waals surface area (Å²) < 4.78 is 5.35. The van der Waals surface area contributed by atoms with Crippen LogP contribution in [0.25, 0.3) is 0 Å². The van der Waals surface area contributed by atoms with Crippen LogP contribution >= 0.6 is 0 Å². The molecule has 0 spiro atoms. The molecule has 2 N–H and O–H groups in total. The van der Waals surface area contributed by atoms with Crippen molar-refractivity contribution in [3.63, 3.8) is 0 Å². The van der Waals surface area contributed by atoms with Crippen LogP contribution in [0.4, 0.5) is 0 Å². The number of carbonyl (C=O) groups excluding carboxylic acids is 1. The lowest BCUT2D eigenvalue weighted by Crippen LogP contribution is -2.26. The minimum Gasteiger partial charge on any atom is -0.487 e. The molecule has 0 unspecified atom stereocenters. The Bertz CT molecular complexity index is 474. The summed E-state index contributed by atoms with van der Waals surface area (Å²) in [6.45, 7) is 4.24. The second kappa shape index (κ2) is 8.68. The van der Waals surface area contributed by atoms with E-state index in [2.05, 4.69) is 16.9 Å². The number of carboxylic acid groups (broad SMARTS) is 1. The topological polar surface area (TPSA) is 88.5 Å². The number of nitrogens with one attached hydrogen (secondary N) is 1. The fourth-order valence-corrected chi connectivity index (χ4v) is 1.51. The number of aromatic nitrogens is 1. The Labute approximate surface area is 117 Å². The first-order valence-electron chi connectivity index (χ1n) is 6.34. The number of hydrogen-bond acceptors (Lipinski definition) is 4. The number of carbonyl (C=O) groups is 2. The van der Waals surface area contributed by atoms with Gasteiger partial charge in [-0.05, 0) is 25.0 Å². The second-order valence-electron chi connectivity index (χ2n) is 4.06. The van der Waals surface area contributed by atoms with E-state index in [0.29, 0.717) is 31.7 Å². The molecule has 0 atom stereocenters. The molecule has 1 amide bonds. The molecule has 0 fully saturated rings. The van der Waals surface area contributed by atoms with Gasteiger partial charge in [-0.3, -0.25) is 9.59 Å². The number of hydrogen-bond donors (Lipinski definition) is 2. The fraction of sp³-hybridized carbons (Fsp3) is 0.357. The average molecular weight is 278 g/mol. The van der Waals surface area contributed by atoms with Gasteiger partial charge in [-0.1, -0.05) is 12.7 Å². The Balaban J connectivity index is 2.46. The van der Waals surface area contributed by atoms with Crippen molar-refractivity contribution in [2.24, 2.45) is 0 Å². The molecule has 0 saturated heterocycles. The number of amides is 1. The molecule has 1 heterocycles. The molecule has 0 bridgehead atoms. The van der Waals surface area contributed by atoms with Gasteiger partial charge < -0.3 is 15.2 Å². The lowest BCUT2D eigenvalue weighted by molar-refractivity contribution is -0.137. The van der Waals surface area contributed by atoms with Crippen LogP contribution in [0.15, 0.2) is 31.0 Å². The summed E-state index contributed by atoms with van der Waals surface area (Å²) in [4.78, 5) is 26.3. The minimum absolute atomic E-state index is 0.104. The molecule has 0 radical (unpaired) electrons. The molecule has 6 nitrogen and oxygen atoms in total. The normalized spacial score (nSPS) is 9.80. The zero-order chi connectivity index (χ0) is 14.8. The third-order valence-corrected chi connectivity index (χ3v) is 2.45. The summed E-state index contributed by atoms with van der Waals surface area (Å²) in [6.07, 6.45) is 4.33. The van der Waals surface area contributed by atoms with Crippen LogP contribution in [-0.4, -0.2) is 35.1 Å². The van der Waals surface area contributed by atoms with E-state index >= 15 is 0 Å².